The van der Waals surface area contributed by atoms with Crippen LogP contribution in [-0.2, 0) is 21.2 Å². The standard InChI is InChI=1S/C21H24F2N2O3S/c22-17-8-11-20(19(23)15-17)24-21(26)12-7-16-5-9-18(10-6-16)29(27,28)25-13-3-1-2-4-14-25/h5-6,8-11,15H,1-4,7,12-14H2,(H,24,26). The minimum atomic E-state index is -3.50. The van der Waals surface area contributed by atoms with Crippen LogP contribution in [0, 0.1) is 11.6 Å². The van der Waals surface area contributed by atoms with Gasteiger partial charge < -0.3 is 5.32 Å². The number of hydrogen-bond donors (Lipinski definition) is 1. The molecule has 5 nitrogen and oxygen atoms in total. The fourth-order valence-electron chi connectivity index (χ4n) is 3.32. The van der Waals surface area contributed by atoms with E-state index in [2.05, 4.69) is 5.32 Å². The molecule has 29 heavy (non-hydrogen) atoms. The predicted molar refractivity (Wildman–Crippen MR) is 107 cm³/mol. The van der Waals surface area contributed by atoms with Gasteiger partial charge >= 0.3 is 0 Å². The molecule has 0 atom stereocenters. The Morgan fingerprint density at radius 2 is 1.62 bits per heavy atom. The van der Waals surface area contributed by atoms with Gasteiger partial charge in [0.05, 0.1) is 10.6 Å². The molecule has 8 heteroatoms. The van der Waals surface area contributed by atoms with Crippen molar-refractivity contribution in [3.05, 3.63) is 59.7 Å². The number of nitrogens with zero attached hydrogens (tertiary/aromatic N) is 1. The maximum Gasteiger partial charge on any atom is 0.243 e. The summed E-state index contributed by atoms with van der Waals surface area (Å²) in [6.45, 7) is 1.09. The average molecular weight is 422 g/mol. The third kappa shape index (κ3) is 5.61. The highest BCUT2D eigenvalue weighted by molar-refractivity contribution is 7.89. The summed E-state index contributed by atoms with van der Waals surface area (Å²) in [5.74, 6) is -1.95. The quantitative estimate of drug-likeness (QED) is 0.762. The van der Waals surface area contributed by atoms with Crippen LogP contribution in [0.2, 0.25) is 0 Å². The molecule has 0 aliphatic carbocycles. The molecule has 0 bridgehead atoms. The summed E-state index contributed by atoms with van der Waals surface area (Å²) < 4.78 is 53.6. The lowest BCUT2D eigenvalue weighted by molar-refractivity contribution is -0.116. The Balaban J connectivity index is 1.58. The second-order valence-electron chi connectivity index (χ2n) is 7.13. The van der Waals surface area contributed by atoms with Crippen molar-refractivity contribution in [2.75, 3.05) is 18.4 Å². The third-order valence-electron chi connectivity index (χ3n) is 4.97. The molecular formula is C21H24F2N2O3S. The molecule has 1 aliphatic heterocycles. The highest BCUT2D eigenvalue weighted by Gasteiger charge is 2.24. The second-order valence-corrected chi connectivity index (χ2v) is 9.07. The second kappa shape index (κ2) is 9.45. The predicted octanol–water partition coefficient (Wildman–Crippen LogP) is 4.10. The Kier molecular flexibility index (Phi) is 6.97. The number of aryl methyl sites for hydroxylation is 1. The van der Waals surface area contributed by atoms with Crippen molar-refractivity contribution in [2.45, 2.75) is 43.4 Å². The van der Waals surface area contributed by atoms with E-state index in [-0.39, 0.29) is 17.0 Å². The first kappa shape index (κ1) is 21.4. The molecular weight excluding hydrogens is 398 g/mol. The number of sulfonamides is 1. The molecule has 0 spiro atoms. The van der Waals surface area contributed by atoms with Crippen LogP contribution in [0.1, 0.15) is 37.7 Å². The van der Waals surface area contributed by atoms with Gasteiger partial charge in [-0.3, -0.25) is 4.79 Å². The summed E-state index contributed by atoms with van der Waals surface area (Å²) in [4.78, 5) is 12.3. The molecule has 0 aromatic heterocycles. The molecule has 1 amide bonds. The Morgan fingerprint density at radius 3 is 2.24 bits per heavy atom. The number of anilines is 1. The van der Waals surface area contributed by atoms with Gasteiger partial charge in [-0.2, -0.15) is 4.31 Å². The third-order valence-corrected chi connectivity index (χ3v) is 6.88. The number of carbonyl (C=O) groups excluding carboxylic acids is 1. The van der Waals surface area contributed by atoms with Gasteiger partial charge in [-0.15, -0.1) is 0 Å². The lowest BCUT2D eigenvalue weighted by atomic mass is 10.1. The van der Waals surface area contributed by atoms with Crippen LogP contribution in [-0.4, -0.2) is 31.7 Å². The fraction of sp³-hybridized carbons (Fsp3) is 0.381. The van der Waals surface area contributed by atoms with Crippen molar-refractivity contribution < 1.29 is 22.0 Å². The van der Waals surface area contributed by atoms with Gasteiger partial charge in [0.25, 0.3) is 0 Å². The van der Waals surface area contributed by atoms with Crippen LogP contribution in [0.25, 0.3) is 0 Å². The van der Waals surface area contributed by atoms with Crippen molar-refractivity contribution in [3.63, 3.8) is 0 Å². The van der Waals surface area contributed by atoms with Crippen molar-refractivity contribution in [3.8, 4) is 0 Å². The van der Waals surface area contributed by atoms with Crippen LogP contribution in [0.3, 0.4) is 0 Å². The molecule has 3 rings (SSSR count). The molecule has 1 fully saturated rings. The van der Waals surface area contributed by atoms with Crippen LogP contribution in [0.4, 0.5) is 14.5 Å². The summed E-state index contributed by atoms with van der Waals surface area (Å²) in [6.07, 6.45) is 4.32. The van der Waals surface area contributed by atoms with Gasteiger partial charge in [-0.1, -0.05) is 25.0 Å². The summed E-state index contributed by atoms with van der Waals surface area (Å²) in [5, 5.41) is 2.41. The number of hydrogen-bond acceptors (Lipinski definition) is 3. The van der Waals surface area contributed by atoms with E-state index in [0.29, 0.717) is 25.6 Å². The van der Waals surface area contributed by atoms with Crippen LogP contribution in [0.5, 0.6) is 0 Å². The summed E-state index contributed by atoms with van der Waals surface area (Å²) >= 11 is 0. The van der Waals surface area contributed by atoms with E-state index in [1.54, 1.807) is 28.6 Å². The molecule has 1 N–H and O–H groups in total. The minimum absolute atomic E-state index is 0.0738. The molecule has 1 heterocycles. The Morgan fingerprint density at radius 1 is 0.966 bits per heavy atom. The Hall–Kier alpha value is -2.32. The van der Waals surface area contributed by atoms with Gasteiger partial charge in [-0.05, 0) is 49.1 Å². The van der Waals surface area contributed by atoms with E-state index >= 15 is 0 Å². The van der Waals surface area contributed by atoms with Crippen molar-refractivity contribution in [2.24, 2.45) is 0 Å². The molecule has 0 saturated carbocycles. The molecule has 2 aromatic carbocycles. The molecule has 1 aliphatic rings. The zero-order valence-corrected chi connectivity index (χ0v) is 16.9. The summed E-state index contributed by atoms with van der Waals surface area (Å²) in [5.41, 5.74) is 0.727. The van der Waals surface area contributed by atoms with E-state index in [1.165, 1.54) is 6.07 Å². The van der Waals surface area contributed by atoms with Crippen LogP contribution < -0.4 is 5.32 Å². The monoisotopic (exact) mass is 422 g/mol. The van der Waals surface area contributed by atoms with E-state index in [4.69, 9.17) is 0 Å². The number of benzene rings is 2. The summed E-state index contributed by atoms with van der Waals surface area (Å²) in [6, 6.07) is 9.46. The SMILES string of the molecule is O=C(CCc1ccc(S(=O)(=O)N2CCCCCC2)cc1)Nc1ccc(F)cc1F. The largest absolute Gasteiger partial charge is 0.324 e. The maximum atomic E-state index is 13.6. The number of nitrogens with one attached hydrogen (secondary N) is 1. The highest BCUT2D eigenvalue weighted by Crippen LogP contribution is 2.21. The first-order valence-electron chi connectivity index (χ1n) is 9.70. The van der Waals surface area contributed by atoms with Gasteiger partial charge in [0.1, 0.15) is 11.6 Å². The van der Waals surface area contributed by atoms with E-state index in [9.17, 15) is 22.0 Å². The van der Waals surface area contributed by atoms with E-state index < -0.39 is 27.6 Å². The van der Waals surface area contributed by atoms with Crippen molar-refractivity contribution in [1.82, 2.24) is 4.31 Å². The lowest BCUT2D eigenvalue weighted by Gasteiger charge is -2.20. The molecule has 2 aromatic rings. The Bertz CT molecular complexity index is 954. The number of carbonyl (C=O) groups is 1. The zero-order valence-electron chi connectivity index (χ0n) is 16.0. The molecule has 1 saturated heterocycles. The highest BCUT2D eigenvalue weighted by atomic mass is 32.2. The van der Waals surface area contributed by atoms with Crippen molar-refractivity contribution >= 4 is 21.6 Å². The Labute approximate surface area is 169 Å². The number of halogens is 2. The van der Waals surface area contributed by atoms with Gasteiger partial charge in [0, 0.05) is 25.6 Å². The molecule has 0 unspecified atom stereocenters. The van der Waals surface area contributed by atoms with Crippen LogP contribution >= 0.6 is 0 Å². The van der Waals surface area contributed by atoms with Crippen molar-refractivity contribution in [1.29, 1.82) is 0 Å². The zero-order chi connectivity index (χ0) is 20.9. The fourth-order valence-corrected chi connectivity index (χ4v) is 4.84. The first-order chi connectivity index (χ1) is 13.9. The minimum Gasteiger partial charge on any atom is -0.324 e. The maximum absolute atomic E-state index is 13.6. The van der Waals surface area contributed by atoms with Gasteiger partial charge in [-0.25, -0.2) is 17.2 Å². The average Bonchev–Trinajstić information content (AvgIpc) is 2.99. The van der Waals surface area contributed by atoms with Gasteiger partial charge in [0.15, 0.2) is 0 Å². The normalized spacial score (nSPS) is 15.7. The molecule has 156 valence electrons. The molecule has 0 radical (unpaired) electrons. The van der Waals surface area contributed by atoms with Gasteiger partial charge in [0.2, 0.25) is 15.9 Å². The number of amides is 1. The smallest absolute Gasteiger partial charge is 0.243 e. The lowest BCUT2D eigenvalue weighted by Crippen LogP contribution is -2.31. The van der Waals surface area contributed by atoms with E-state index in [0.717, 1.165) is 37.3 Å². The first-order valence-corrected chi connectivity index (χ1v) is 11.1. The summed E-state index contributed by atoms with van der Waals surface area (Å²) in [7, 11) is -3.50. The van der Waals surface area contributed by atoms with Crippen LogP contribution in [0.15, 0.2) is 47.4 Å². The number of rotatable bonds is 6. The topological polar surface area (TPSA) is 66.5 Å². The van der Waals surface area contributed by atoms with E-state index in [1.807, 2.05) is 0 Å².